The van der Waals surface area contributed by atoms with Crippen LogP contribution in [0.4, 0.5) is 23.4 Å². The number of alkyl halides is 3. The van der Waals surface area contributed by atoms with Crippen LogP contribution in [0.1, 0.15) is 40.9 Å². The lowest BCUT2D eigenvalue weighted by molar-refractivity contribution is -0.140. The highest BCUT2D eigenvalue weighted by molar-refractivity contribution is 6.04. The van der Waals surface area contributed by atoms with Gasteiger partial charge in [-0.15, -0.1) is 0 Å². The fourth-order valence-corrected chi connectivity index (χ4v) is 3.83. The molecule has 6 nitrogen and oxygen atoms in total. The van der Waals surface area contributed by atoms with Crippen LogP contribution in [0.15, 0.2) is 42.7 Å². The van der Waals surface area contributed by atoms with E-state index in [-0.39, 0.29) is 28.5 Å². The van der Waals surface area contributed by atoms with Crippen LogP contribution in [-0.2, 0) is 6.18 Å². The van der Waals surface area contributed by atoms with Crippen molar-refractivity contribution in [3.8, 4) is 0 Å². The van der Waals surface area contributed by atoms with Crippen LogP contribution in [-0.4, -0.2) is 45.1 Å². The Kier molecular flexibility index (Phi) is 5.72. The summed E-state index contributed by atoms with van der Waals surface area (Å²) in [6.45, 7) is 3.18. The van der Waals surface area contributed by atoms with Crippen molar-refractivity contribution in [1.29, 1.82) is 0 Å². The Morgan fingerprint density at radius 3 is 2.69 bits per heavy atom. The Morgan fingerprint density at radius 2 is 2.06 bits per heavy atom. The average molecular weight is 448 g/mol. The van der Waals surface area contributed by atoms with Gasteiger partial charge in [0.25, 0.3) is 0 Å². The quantitative estimate of drug-likeness (QED) is 0.531. The first kappa shape index (κ1) is 21.9. The predicted octanol–water partition coefficient (Wildman–Crippen LogP) is 4.73. The van der Waals surface area contributed by atoms with Crippen LogP contribution in [0.3, 0.4) is 0 Å². The topological polar surface area (TPSA) is 78.3 Å². The first-order valence-electron chi connectivity index (χ1n) is 9.99. The van der Waals surface area contributed by atoms with Crippen molar-refractivity contribution in [3.63, 3.8) is 0 Å². The molecule has 0 radical (unpaired) electrons. The maximum atomic E-state index is 13.9. The molecule has 4 rings (SSSR count). The van der Waals surface area contributed by atoms with Gasteiger partial charge >= 0.3 is 12.1 Å². The Labute approximate surface area is 180 Å². The minimum atomic E-state index is -4.83. The van der Waals surface area contributed by atoms with Crippen molar-refractivity contribution < 1.29 is 27.5 Å². The van der Waals surface area contributed by atoms with Crippen LogP contribution in [0.5, 0.6) is 0 Å². The third kappa shape index (κ3) is 4.22. The van der Waals surface area contributed by atoms with Gasteiger partial charge in [0.05, 0.1) is 22.7 Å². The van der Waals surface area contributed by atoms with Crippen LogP contribution in [0, 0.1) is 5.82 Å². The predicted molar refractivity (Wildman–Crippen MR) is 110 cm³/mol. The Bertz CT molecular complexity index is 1170. The number of halogens is 4. The van der Waals surface area contributed by atoms with Gasteiger partial charge in [0, 0.05) is 18.0 Å². The molecule has 168 valence electrons. The van der Waals surface area contributed by atoms with Gasteiger partial charge in [0.1, 0.15) is 18.0 Å². The lowest BCUT2D eigenvalue weighted by atomic mass is 9.98. The van der Waals surface area contributed by atoms with Crippen molar-refractivity contribution in [2.45, 2.75) is 31.6 Å². The fraction of sp³-hybridized carbons (Fsp3) is 0.318. The maximum absolute atomic E-state index is 13.9. The lowest BCUT2D eigenvalue weighted by Gasteiger charge is -2.41. The summed E-state index contributed by atoms with van der Waals surface area (Å²) in [5.41, 5.74) is -0.885. The lowest BCUT2D eigenvalue weighted by Crippen LogP contribution is -2.48. The molecule has 0 bridgehead atoms. The molecular formula is C22H20F4N4O2. The number of hydrogen-bond acceptors (Lipinski definition) is 5. The standard InChI is InChI=1S/C22H20F4N4O2/c1-12-7-8-30(12)10-18(13-5-6-17(23)16(9-13)22(24,25)26)29-20-14-3-2-4-15(21(31)32)19(14)27-11-28-20/h2-6,9,11-12,18H,7-8,10H2,1H3,(H,31,32)(H,27,28,29). The number of carboxylic acids is 1. The van der Waals surface area contributed by atoms with Crippen LogP contribution in [0.25, 0.3) is 10.9 Å². The molecule has 32 heavy (non-hydrogen) atoms. The SMILES string of the molecule is CC1CCN1CC(Nc1ncnc2c(C(=O)O)cccc12)c1ccc(F)c(C(F)(F)F)c1. The zero-order valence-corrected chi connectivity index (χ0v) is 17.0. The minimum Gasteiger partial charge on any atom is -0.478 e. The van der Waals surface area contributed by atoms with E-state index < -0.39 is 29.6 Å². The van der Waals surface area contributed by atoms with Crippen LogP contribution >= 0.6 is 0 Å². The fourth-order valence-electron chi connectivity index (χ4n) is 3.83. The minimum absolute atomic E-state index is 0.0120. The number of aromatic carboxylic acids is 1. The highest BCUT2D eigenvalue weighted by Gasteiger charge is 2.35. The van der Waals surface area contributed by atoms with E-state index in [1.54, 1.807) is 12.1 Å². The second-order valence-electron chi connectivity index (χ2n) is 7.80. The van der Waals surface area contributed by atoms with Crippen molar-refractivity contribution in [3.05, 3.63) is 65.2 Å². The van der Waals surface area contributed by atoms with E-state index in [4.69, 9.17) is 0 Å². The molecule has 0 aliphatic carbocycles. The Morgan fingerprint density at radius 1 is 1.28 bits per heavy atom. The van der Waals surface area contributed by atoms with E-state index in [9.17, 15) is 27.5 Å². The first-order valence-corrected chi connectivity index (χ1v) is 9.99. The molecule has 1 fully saturated rings. The summed E-state index contributed by atoms with van der Waals surface area (Å²) in [7, 11) is 0. The third-order valence-electron chi connectivity index (χ3n) is 5.78. The van der Waals surface area contributed by atoms with Gasteiger partial charge in [0.15, 0.2) is 0 Å². The summed E-state index contributed by atoms with van der Waals surface area (Å²) in [4.78, 5) is 21.9. The van der Waals surface area contributed by atoms with E-state index in [1.165, 1.54) is 18.5 Å². The Hall–Kier alpha value is -3.27. The molecule has 2 N–H and O–H groups in total. The number of nitrogens with one attached hydrogen (secondary N) is 1. The van der Waals surface area contributed by atoms with Crippen LogP contribution < -0.4 is 5.32 Å². The number of fused-ring (bicyclic) bond motifs is 1. The molecule has 2 aromatic carbocycles. The molecule has 0 spiro atoms. The van der Waals surface area contributed by atoms with Crippen molar-refractivity contribution in [1.82, 2.24) is 14.9 Å². The molecular weight excluding hydrogens is 428 g/mol. The van der Waals surface area contributed by atoms with Crippen molar-refractivity contribution in [2.24, 2.45) is 0 Å². The first-order chi connectivity index (χ1) is 15.1. The molecule has 2 heterocycles. The number of likely N-dealkylation sites (tertiary alicyclic amines) is 1. The maximum Gasteiger partial charge on any atom is 0.419 e. The van der Waals surface area contributed by atoms with E-state index in [2.05, 4.69) is 20.2 Å². The number of rotatable bonds is 6. The molecule has 1 saturated heterocycles. The largest absolute Gasteiger partial charge is 0.478 e. The summed E-state index contributed by atoms with van der Waals surface area (Å²) in [5.74, 6) is -2.20. The number of para-hydroxylation sites is 1. The summed E-state index contributed by atoms with van der Waals surface area (Å²) >= 11 is 0. The zero-order chi connectivity index (χ0) is 23.0. The van der Waals surface area contributed by atoms with Crippen molar-refractivity contribution in [2.75, 3.05) is 18.4 Å². The highest BCUT2D eigenvalue weighted by Crippen LogP contribution is 2.35. The number of nitrogens with zero attached hydrogens (tertiary/aromatic N) is 3. The zero-order valence-electron chi connectivity index (χ0n) is 17.0. The Balaban J connectivity index is 1.76. The van der Waals surface area contributed by atoms with Gasteiger partial charge in [0.2, 0.25) is 0 Å². The van der Waals surface area contributed by atoms with Gasteiger partial charge in [-0.05, 0) is 49.7 Å². The van der Waals surface area contributed by atoms with Gasteiger partial charge in [-0.1, -0.05) is 12.1 Å². The normalized spacial score (nSPS) is 17.7. The van der Waals surface area contributed by atoms with Gasteiger partial charge in [-0.25, -0.2) is 19.2 Å². The number of aromatic nitrogens is 2. The molecule has 1 aromatic heterocycles. The van der Waals surface area contributed by atoms with Gasteiger partial charge in [-0.2, -0.15) is 13.2 Å². The molecule has 1 aliphatic heterocycles. The van der Waals surface area contributed by atoms with E-state index in [0.717, 1.165) is 25.1 Å². The van der Waals surface area contributed by atoms with E-state index in [1.807, 2.05) is 6.92 Å². The summed E-state index contributed by atoms with van der Waals surface area (Å²) in [5, 5.41) is 13.0. The number of anilines is 1. The van der Waals surface area contributed by atoms with Crippen LogP contribution in [0.2, 0.25) is 0 Å². The number of carboxylic acid groups (broad SMARTS) is 1. The van der Waals surface area contributed by atoms with E-state index in [0.29, 0.717) is 11.9 Å². The number of hydrogen-bond donors (Lipinski definition) is 2. The summed E-state index contributed by atoms with van der Waals surface area (Å²) in [6, 6.07) is 7.16. The smallest absolute Gasteiger partial charge is 0.419 e. The molecule has 0 saturated carbocycles. The highest BCUT2D eigenvalue weighted by atomic mass is 19.4. The molecule has 10 heteroatoms. The molecule has 1 aliphatic rings. The molecule has 0 amide bonds. The second kappa shape index (κ2) is 8.34. The monoisotopic (exact) mass is 448 g/mol. The summed E-state index contributed by atoms with van der Waals surface area (Å²) in [6.07, 6.45) is -2.65. The summed E-state index contributed by atoms with van der Waals surface area (Å²) < 4.78 is 53.8. The molecule has 2 atom stereocenters. The van der Waals surface area contributed by atoms with Crippen molar-refractivity contribution >= 4 is 22.7 Å². The second-order valence-corrected chi connectivity index (χ2v) is 7.80. The number of carbonyl (C=O) groups is 1. The average Bonchev–Trinajstić information content (AvgIpc) is 2.74. The number of benzene rings is 2. The van der Waals surface area contributed by atoms with Gasteiger partial charge in [-0.3, -0.25) is 4.90 Å². The van der Waals surface area contributed by atoms with E-state index >= 15 is 0 Å². The van der Waals surface area contributed by atoms with Gasteiger partial charge < -0.3 is 10.4 Å². The molecule has 3 aromatic rings. The third-order valence-corrected chi connectivity index (χ3v) is 5.78. The molecule has 2 unspecified atom stereocenters.